The minimum absolute atomic E-state index is 0.0532. The van der Waals surface area contributed by atoms with E-state index in [4.69, 9.17) is 4.74 Å². The van der Waals surface area contributed by atoms with Crippen LogP contribution < -0.4 is 10.1 Å². The third-order valence-electron chi connectivity index (χ3n) is 3.99. The van der Waals surface area contributed by atoms with Crippen LogP contribution in [0.15, 0.2) is 84.9 Å². The number of amides is 1. The van der Waals surface area contributed by atoms with Gasteiger partial charge in [-0.1, -0.05) is 66.7 Å². The Balaban J connectivity index is 1.63. The van der Waals surface area contributed by atoms with Gasteiger partial charge in [0.2, 0.25) is 0 Å². The molecular weight excluding hydrogens is 310 g/mol. The number of carbonyl (C=O) groups is 1. The Kier molecular flexibility index (Phi) is 5.47. The van der Waals surface area contributed by atoms with Crippen LogP contribution >= 0.6 is 0 Å². The number of nitrogens with one attached hydrogen (secondary N) is 1. The van der Waals surface area contributed by atoms with E-state index in [9.17, 15) is 4.79 Å². The van der Waals surface area contributed by atoms with E-state index in [1.165, 1.54) is 0 Å². The second kappa shape index (κ2) is 8.15. The highest BCUT2D eigenvalue weighted by molar-refractivity contribution is 5.94. The van der Waals surface area contributed by atoms with Gasteiger partial charge in [-0.05, 0) is 36.2 Å². The van der Waals surface area contributed by atoms with Crippen LogP contribution in [-0.4, -0.2) is 5.91 Å². The fourth-order valence-electron chi connectivity index (χ4n) is 2.57. The zero-order valence-corrected chi connectivity index (χ0v) is 14.2. The molecule has 1 atom stereocenters. The standard InChI is InChI=1S/C22H21NO2/c1-17(19-11-6-3-7-12-19)23-22(24)20-13-8-14-21(15-20)25-16-18-9-4-2-5-10-18/h2-15,17H,16H2,1H3,(H,23,24). The van der Waals surface area contributed by atoms with E-state index in [2.05, 4.69) is 5.32 Å². The molecule has 0 aliphatic heterocycles. The average Bonchev–Trinajstić information content (AvgIpc) is 2.68. The molecule has 3 nitrogen and oxygen atoms in total. The molecule has 0 saturated heterocycles. The van der Waals surface area contributed by atoms with Crippen molar-refractivity contribution >= 4 is 5.91 Å². The van der Waals surface area contributed by atoms with Crippen LogP contribution in [0.1, 0.15) is 34.5 Å². The number of hydrogen-bond acceptors (Lipinski definition) is 2. The summed E-state index contributed by atoms with van der Waals surface area (Å²) in [6.07, 6.45) is 0. The van der Waals surface area contributed by atoms with Crippen LogP contribution in [0.25, 0.3) is 0 Å². The van der Waals surface area contributed by atoms with Gasteiger partial charge in [0, 0.05) is 5.56 Å². The maximum atomic E-state index is 12.5. The van der Waals surface area contributed by atoms with Gasteiger partial charge in [0.1, 0.15) is 12.4 Å². The summed E-state index contributed by atoms with van der Waals surface area (Å²) >= 11 is 0. The molecule has 0 bridgehead atoms. The molecule has 25 heavy (non-hydrogen) atoms. The zero-order valence-electron chi connectivity index (χ0n) is 14.2. The molecule has 0 heterocycles. The highest BCUT2D eigenvalue weighted by Gasteiger charge is 2.11. The first-order valence-corrected chi connectivity index (χ1v) is 8.35. The van der Waals surface area contributed by atoms with Gasteiger partial charge in [0.25, 0.3) is 5.91 Å². The molecule has 126 valence electrons. The van der Waals surface area contributed by atoms with Crippen LogP contribution in [-0.2, 0) is 6.61 Å². The minimum atomic E-state index is -0.110. The molecule has 3 aromatic rings. The van der Waals surface area contributed by atoms with Gasteiger partial charge in [-0.15, -0.1) is 0 Å². The van der Waals surface area contributed by atoms with Crippen molar-refractivity contribution in [2.45, 2.75) is 19.6 Å². The molecule has 3 rings (SSSR count). The van der Waals surface area contributed by atoms with E-state index in [-0.39, 0.29) is 11.9 Å². The molecule has 1 N–H and O–H groups in total. The van der Waals surface area contributed by atoms with Crippen molar-refractivity contribution in [1.29, 1.82) is 0 Å². The van der Waals surface area contributed by atoms with Crippen LogP contribution in [0.5, 0.6) is 5.75 Å². The fourth-order valence-corrected chi connectivity index (χ4v) is 2.57. The summed E-state index contributed by atoms with van der Waals surface area (Å²) in [5.41, 5.74) is 2.76. The number of carbonyl (C=O) groups excluding carboxylic acids is 1. The molecule has 0 spiro atoms. The monoisotopic (exact) mass is 331 g/mol. The molecule has 1 unspecified atom stereocenters. The highest BCUT2D eigenvalue weighted by atomic mass is 16.5. The largest absolute Gasteiger partial charge is 0.489 e. The first kappa shape index (κ1) is 16.8. The predicted octanol–water partition coefficient (Wildman–Crippen LogP) is 4.76. The van der Waals surface area contributed by atoms with Gasteiger partial charge in [-0.2, -0.15) is 0 Å². The van der Waals surface area contributed by atoms with E-state index in [1.54, 1.807) is 12.1 Å². The summed E-state index contributed by atoms with van der Waals surface area (Å²) in [5.74, 6) is 0.574. The summed E-state index contributed by atoms with van der Waals surface area (Å²) in [5, 5.41) is 3.02. The van der Waals surface area contributed by atoms with Crippen LogP contribution in [0.4, 0.5) is 0 Å². The van der Waals surface area contributed by atoms with Gasteiger partial charge < -0.3 is 10.1 Å². The lowest BCUT2D eigenvalue weighted by atomic mass is 10.1. The summed E-state index contributed by atoms with van der Waals surface area (Å²) in [7, 11) is 0. The van der Waals surface area contributed by atoms with Crippen LogP contribution in [0.2, 0.25) is 0 Å². The quantitative estimate of drug-likeness (QED) is 0.707. The normalized spacial score (nSPS) is 11.6. The van der Waals surface area contributed by atoms with Gasteiger partial charge in [-0.25, -0.2) is 0 Å². The maximum Gasteiger partial charge on any atom is 0.251 e. The van der Waals surface area contributed by atoms with Crippen molar-refractivity contribution in [2.24, 2.45) is 0 Å². The number of benzene rings is 3. The van der Waals surface area contributed by atoms with Gasteiger partial charge in [-0.3, -0.25) is 4.79 Å². The molecule has 0 fully saturated rings. The Bertz CT molecular complexity index is 816. The van der Waals surface area contributed by atoms with Gasteiger partial charge in [0.15, 0.2) is 0 Å². The first-order chi connectivity index (χ1) is 12.2. The molecule has 0 radical (unpaired) electrons. The summed E-state index contributed by atoms with van der Waals surface area (Å²) in [6.45, 7) is 2.45. The summed E-state index contributed by atoms with van der Waals surface area (Å²) in [4.78, 5) is 12.5. The summed E-state index contributed by atoms with van der Waals surface area (Å²) < 4.78 is 5.79. The fraction of sp³-hybridized carbons (Fsp3) is 0.136. The third kappa shape index (κ3) is 4.70. The lowest BCUT2D eigenvalue weighted by Crippen LogP contribution is -2.26. The molecule has 1 amide bonds. The SMILES string of the molecule is CC(NC(=O)c1cccc(OCc2ccccc2)c1)c1ccccc1. The van der Waals surface area contributed by atoms with Crippen molar-refractivity contribution in [3.05, 3.63) is 102 Å². The van der Waals surface area contributed by atoms with Crippen molar-refractivity contribution in [2.75, 3.05) is 0 Å². The lowest BCUT2D eigenvalue weighted by Gasteiger charge is -2.15. The molecular formula is C22H21NO2. The Morgan fingerprint density at radius 1 is 0.920 bits per heavy atom. The van der Waals surface area contributed by atoms with E-state index in [0.29, 0.717) is 17.9 Å². The Morgan fingerprint density at radius 3 is 2.32 bits per heavy atom. The number of ether oxygens (including phenoxy) is 1. The van der Waals surface area contributed by atoms with Crippen molar-refractivity contribution in [3.63, 3.8) is 0 Å². The molecule has 3 heteroatoms. The van der Waals surface area contributed by atoms with Crippen LogP contribution in [0, 0.1) is 0 Å². The lowest BCUT2D eigenvalue weighted by molar-refractivity contribution is 0.0939. The molecule has 0 aliphatic rings. The Hall–Kier alpha value is -3.07. The van der Waals surface area contributed by atoms with Crippen molar-refractivity contribution in [3.8, 4) is 5.75 Å². The van der Waals surface area contributed by atoms with E-state index < -0.39 is 0 Å². The first-order valence-electron chi connectivity index (χ1n) is 8.35. The van der Waals surface area contributed by atoms with E-state index >= 15 is 0 Å². The Morgan fingerprint density at radius 2 is 1.60 bits per heavy atom. The number of rotatable bonds is 6. The Labute approximate surface area is 148 Å². The second-order valence-electron chi connectivity index (χ2n) is 5.91. The van der Waals surface area contributed by atoms with Crippen LogP contribution in [0.3, 0.4) is 0 Å². The molecule has 0 saturated carbocycles. The second-order valence-corrected chi connectivity index (χ2v) is 5.91. The van der Waals surface area contributed by atoms with E-state index in [1.807, 2.05) is 79.7 Å². The zero-order chi connectivity index (χ0) is 17.5. The number of hydrogen-bond donors (Lipinski definition) is 1. The van der Waals surface area contributed by atoms with Crippen molar-refractivity contribution < 1.29 is 9.53 Å². The topological polar surface area (TPSA) is 38.3 Å². The average molecular weight is 331 g/mol. The molecule has 3 aromatic carbocycles. The smallest absolute Gasteiger partial charge is 0.251 e. The maximum absolute atomic E-state index is 12.5. The van der Waals surface area contributed by atoms with E-state index in [0.717, 1.165) is 11.1 Å². The molecule has 0 aliphatic carbocycles. The van der Waals surface area contributed by atoms with Crippen molar-refractivity contribution in [1.82, 2.24) is 5.32 Å². The molecule has 0 aromatic heterocycles. The third-order valence-corrected chi connectivity index (χ3v) is 3.99. The minimum Gasteiger partial charge on any atom is -0.489 e. The highest BCUT2D eigenvalue weighted by Crippen LogP contribution is 2.17. The summed E-state index contributed by atoms with van der Waals surface area (Å²) in [6, 6.07) is 27.1. The van der Waals surface area contributed by atoms with Gasteiger partial charge >= 0.3 is 0 Å². The predicted molar refractivity (Wildman–Crippen MR) is 99.5 cm³/mol. The van der Waals surface area contributed by atoms with Gasteiger partial charge in [0.05, 0.1) is 6.04 Å².